The van der Waals surface area contributed by atoms with Crippen molar-refractivity contribution < 1.29 is 17.6 Å². The second kappa shape index (κ2) is 5.62. The van der Waals surface area contributed by atoms with Gasteiger partial charge in [0.2, 0.25) is 10.0 Å². The van der Waals surface area contributed by atoms with Crippen LogP contribution in [0.15, 0.2) is 23.1 Å². The number of nitrogens with one attached hydrogen (secondary N) is 1. The summed E-state index contributed by atoms with van der Waals surface area (Å²) < 4.78 is 40.6. The molecule has 0 aliphatic heterocycles. The van der Waals surface area contributed by atoms with E-state index in [1.807, 2.05) is 0 Å². The van der Waals surface area contributed by atoms with Gasteiger partial charge in [-0.15, -0.1) is 0 Å². The van der Waals surface area contributed by atoms with Gasteiger partial charge in [-0.3, -0.25) is 4.79 Å². The van der Waals surface area contributed by atoms with Crippen LogP contribution in [-0.2, 0) is 10.0 Å². The summed E-state index contributed by atoms with van der Waals surface area (Å²) in [5.41, 5.74) is 0.195. The monoisotopic (exact) mass is 326 g/mol. The topological polar surface area (TPSA) is 66.5 Å². The molecule has 3 rings (SSSR count). The Hall–Kier alpha value is -1.47. The van der Waals surface area contributed by atoms with Crippen LogP contribution < -0.4 is 4.72 Å². The fourth-order valence-electron chi connectivity index (χ4n) is 2.32. The van der Waals surface area contributed by atoms with E-state index >= 15 is 0 Å². The number of hydrogen-bond acceptors (Lipinski definition) is 3. The van der Waals surface area contributed by atoms with Gasteiger partial charge in [0.1, 0.15) is 10.7 Å². The predicted octanol–water partition coefficient (Wildman–Crippen LogP) is 1.75. The second-order valence-electron chi connectivity index (χ2n) is 6.17. The second-order valence-corrected chi connectivity index (χ2v) is 7.85. The summed E-state index contributed by atoms with van der Waals surface area (Å²) in [4.78, 5) is 13.4. The minimum absolute atomic E-state index is 0.110. The normalized spacial score (nSPS) is 18.3. The molecular formula is C15H19FN2O3S. The zero-order chi connectivity index (χ0) is 15.9. The molecule has 5 nitrogen and oxygen atoms in total. The SMILES string of the molecule is CN(CC1CC1)C(=O)c1ccc(F)c(S(=O)(=O)NC2CC2)c1. The maximum Gasteiger partial charge on any atom is 0.253 e. The molecule has 0 radical (unpaired) electrons. The first kappa shape index (κ1) is 15.4. The van der Waals surface area contributed by atoms with Gasteiger partial charge in [0.15, 0.2) is 0 Å². The largest absolute Gasteiger partial charge is 0.341 e. The van der Waals surface area contributed by atoms with E-state index in [9.17, 15) is 17.6 Å². The quantitative estimate of drug-likeness (QED) is 0.866. The summed E-state index contributed by atoms with van der Waals surface area (Å²) in [6, 6.07) is 3.39. The van der Waals surface area contributed by atoms with Crippen molar-refractivity contribution in [3.05, 3.63) is 29.6 Å². The summed E-state index contributed by atoms with van der Waals surface area (Å²) in [5, 5.41) is 0. The van der Waals surface area contributed by atoms with Crippen LogP contribution in [0.5, 0.6) is 0 Å². The van der Waals surface area contributed by atoms with Gasteiger partial charge in [-0.05, 0) is 49.8 Å². The Morgan fingerprint density at radius 1 is 1.32 bits per heavy atom. The third kappa shape index (κ3) is 3.47. The van der Waals surface area contributed by atoms with E-state index in [2.05, 4.69) is 4.72 Å². The van der Waals surface area contributed by atoms with Gasteiger partial charge in [-0.1, -0.05) is 0 Å². The van der Waals surface area contributed by atoms with Crippen molar-refractivity contribution in [3.63, 3.8) is 0 Å². The lowest BCUT2D eigenvalue weighted by Crippen LogP contribution is -2.30. The van der Waals surface area contributed by atoms with E-state index in [1.54, 1.807) is 11.9 Å². The number of rotatable bonds is 6. The number of carbonyl (C=O) groups is 1. The first-order valence-electron chi connectivity index (χ1n) is 7.44. The Kier molecular flexibility index (Phi) is 3.94. The van der Waals surface area contributed by atoms with E-state index in [0.717, 1.165) is 37.8 Å². The maximum absolute atomic E-state index is 13.9. The molecule has 120 valence electrons. The third-order valence-corrected chi connectivity index (χ3v) is 5.48. The molecule has 0 atom stereocenters. The standard InChI is InChI=1S/C15H19FN2O3S/c1-18(9-10-2-3-10)15(19)11-4-7-13(16)14(8-11)22(20,21)17-12-5-6-12/h4,7-8,10,12,17H,2-3,5-6,9H2,1H3. The zero-order valence-corrected chi connectivity index (χ0v) is 13.2. The highest BCUT2D eigenvalue weighted by Crippen LogP contribution is 2.30. The number of benzene rings is 1. The first-order chi connectivity index (χ1) is 10.4. The molecule has 7 heteroatoms. The van der Waals surface area contributed by atoms with Crippen molar-refractivity contribution >= 4 is 15.9 Å². The average Bonchev–Trinajstić information content (AvgIpc) is 3.35. The maximum atomic E-state index is 13.9. The number of sulfonamides is 1. The van der Waals surface area contributed by atoms with E-state index in [1.165, 1.54) is 6.07 Å². The summed E-state index contributed by atoms with van der Waals surface area (Å²) >= 11 is 0. The molecule has 1 N–H and O–H groups in total. The van der Waals surface area contributed by atoms with Crippen molar-refractivity contribution in [1.82, 2.24) is 9.62 Å². The van der Waals surface area contributed by atoms with Crippen LogP contribution >= 0.6 is 0 Å². The van der Waals surface area contributed by atoms with E-state index < -0.39 is 20.7 Å². The number of carbonyl (C=O) groups excluding carboxylic acids is 1. The molecule has 2 fully saturated rings. The molecule has 2 aliphatic rings. The lowest BCUT2D eigenvalue weighted by Gasteiger charge is -2.17. The van der Waals surface area contributed by atoms with Crippen molar-refractivity contribution in [2.24, 2.45) is 5.92 Å². The van der Waals surface area contributed by atoms with Crippen LogP contribution in [0, 0.1) is 11.7 Å². The lowest BCUT2D eigenvalue weighted by molar-refractivity contribution is 0.0788. The number of hydrogen-bond donors (Lipinski definition) is 1. The Morgan fingerprint density at radius 2 is 2.00 bits per heavy atom. The minimum atomic E-state index is -3.92. The molecule has 1 aromatic carbocycles. The van der Waals surface area contributed by atoms with Gasteiger partial charge < -0.3 is 4.90 Å². The van der Waals surface area contributed by atoms with Gasteiger partial charge >= 0.3 is 0 Å². The molecule has 2 saturated carbocycles. The average molecular weight is 326 g/mol. The van der Waals surface area contributed by atoms with Crippen LogP contribution in [-0.4, -0.2) is 38.9 Å². The summed E-state index contributed by atoms with van der Waals surface area (Å²) in [7, 11) is -2.23. The van der Waals surface area contributed by atoms with Gasteiger partial charge in [-0.2, -0.15) is 0 Å². The smallest absolute Gasteiger partial charge is 0.253 e. The van der Waals surface area contributed by atoms with Gasteiger partial charge in [0.05, 0.1) is 0 Å². The molecule has 0 unspecified atom stereocenters. The molecule has 1 amide bonds. The van der Waals surface area contributed by atoms with Crippen molar-refractivity contribution in [2.45, 2.75) is 36.6 Å². The summed E-state index contributed by atoms with van der Waals surface area (Å²) in [6.45, 7) is 0.651. The fraction of sp³-hybridized carbons (Fsp3) is 0.533. The van der Waals surface area contributed by atoms with E-state index in [0.29, 0.717) is 12.5 Å². The highest BCUT2D eigenvalue weighted by atomic mass is 32.2. The summed E-state index contributed by atoms with van der Waals surface area (Å²) in [5.74, 6) is -0.585. The Balaban J connectivity index is 1.83. The van der Waals surface area contributed by atoms with E-state index in [-0.39, 0.29) is 17.5 Å². The van der Waals surface area contributed by atoms with Crippen molar-refractivity contribution in [3.8, 4) is 0 Å². The van der Waals surface area contributed by atoms with Gasteiger partial charge in [-0.25, -0.2) is 17.5 Å². The molecule has 0 heterocycles. The van der Waals surface area contributed by atoms with Crippen LogP contribution in [0.25, 0.3) is 0 Å². The third-order valence-electron chi connectivity index (χ3n) is 3.94. The Labute approximate surface area is 129 Å². The van der Waals surface area contributed by atoms with E-state index in [4.69, 9.17) is 0 Å². The molecule has 0 aromatic heterocycles. The fourth-order valence-corrected chi connectivity index (χ4v) is 3.73. The van der Waals surface area contributed by atoms with Crippen LogP contribution in [0.3, 0.4) is 0 Å². The molecule has 1 aromatic rings. The lowest BCUT2D eigenvalue weighted by atomic mass is 10.2. The zero-order valence-electron chi connectivity index (χ0n) is 12.4. The first-order valence-corrected chi connectivity index (χ1v) is 8.92. The molecule has 0 saturated heterocycles. The van der Waals surface area contributed by atoms with Gasteiger partial charge in [0, 0.05) is 25.2 Å². The number of nitrogens with zero attached hydrogens (tertiary/aromatic N) is 1. The van der Waals surface area contributed by atoms with Crippen LogP contribution in [0.4, 0.5) is 4.39 Å². The number of halogens is 1. The molecule has 0 bridgehead atoms. The highest BCUT2D eigenvalue weighted by molar-refractivity contribution is 7.89. The molecule has 22 heavy (non-hydrogen) atoms. The highest BCUT2D eigenvalue weighted by Gasteiger charge is 2.31. The molecular weight excluding hydrogens is 307 g/mol. The molecule has 2 aliphatic carbocycles. The Bertz CT molecular complexity index is 697. The molecule has 0 spiro atoms. The minimum Gasteiger partial charge on any atom is -0.341 e. The van der Waals surface area contributed by atoms with Crippen LogP contribution in [0.1, 0.15) is 36.0 Å². The van der Waals surface area contributed by atoms with Gasteiger partial charge in [0.25, 0.3) is 5.91 Å². The van der Waals surface area contributed by atoms with Crippen molar-refractivity contribution in [1.29, 1.82) is 0 Å². The Morgan fingerprint density at radius 3 is 2.59 bits per heavy atom. The van der Waals surface area contributed by atoms with Crippen molar-refractivity contribution in [2.75, 3.05) is 13.6 Å². The number of amides is 1. The van der Waals surface area contributed by atoms with Crippen LogP contribution in [0.2, 0.25) is 0 Å². The summed E-state index contributed by atoms with van der Waals surface area (Å²) in [6.07, 6.45) is 3.77. The predicted molar refractivity (Wildman–Crippen MR) is 79.4 cm³/mol.